The lowest BCUT2D eigenvalue weighted by molar-refractivity contribution is 0.348. The second-order valence-electron chi connectivity index (χ2n) is 7.23. The molecule has 0 saturated heterocycles. The summed E-state index contributed by atoms with van der Waals surface area (Å²) < 4.78 is 2.18. The first-order valence-electron chi connectivity index (χ1n) is 9.34. The molecule has 136 valence electrons. The Morgan fingerprint density at radius 3 is 2.88 bits per heavy atom. The maximum Gasteiger partial charge on any atom is 0.126 e. The number of hydrogen-bond acceptors (Lipinski definition) is 3. The maximum absolute atomic E-state index is 6.05. The molecule has 2 atom stereocenters. The van der Waals surface area contributed by atoms with Gasteiger partial charge in [0.15, 0.2) is 0 Å². The molecular formula is C21H25ClN4. The predicted molar refractivity (Wildman–Crippen MR) is 109 cm³/mol. The van der Waals surface area contributed by atoms with Gasteiger partial charge in [-0.05, 0) is 68.1 Å². The molecule has 1 fully saturated rings. The highest BCUT2D eigenvalue weighted by molar-refractivity contribution is 6.31. The highest BCUT2D eigenvalue weighted by atomic mass is 35.5. The van der Waals surface area contributed by atoms with Gasteiger partial charge in [0.05, 0.1) is 5.52 Å². The summed E-state index contributed by atoms with van der Waals surface area (Å²) in [6.45, 7) is 0.926. The second-order valence-corrected chi connectivity index (χ2v) is 7.67. The van der Waals surface area contributed by atoms with Crippen molar-refractivity contribution in [1.29, 1.82) is 0 Å². The average molecular weight is 369 g/mol. The van der Waals surface area contributed by atoms with E-state index in [1.807, 2.05) is 18.2 Å². The normalized spacial score (nSPS) is 20.4. The van der Waals surface area contributed by atoms with Crippen LogP contribution in [0.25, 0.3) is 10.9 Å². The molecule has 1 aromatic carbocycles. The van der Waals surface area contributed by atoms with Gasteiger partial charge >= 0.3 is 0 Å². The van der Waals surface area contributed by atoms with Gasteiger partial charge in [-0.2, -0.15) is 0 Å². The van der Waals surface area contributed by atoms with Gasteiger partial charge in [0.1, 0.15) is 5.82 Å². The minimum absolute atomic E-state index is 0.465. The molecule has 4 nitrogen and oxygen atoms in total. The summed E-state index contributed by atoms with van der Waals surface area (Å²) >= 11 is 6.05. The molecule has 1 aliphatic carbocycles. The molecule has 0 bridgehead atoms. The van der Waals surface area contributed by atoms with Gasteiger partial charge in [-0.25, -0.2) is 4.98 Å². The lowest BCUT2D eigenvalue weighted by Crippen LogP contribution is -2.38. The Kier molecular flexibility index (Phi) is 5.14. The molecule has 5 heteroatoms. The Morgan fingerprint density at radius 1 is 1.15 bits per heavy atom. The van der Waals surface area contributed by atoms with Crippen molar-refractivity contribution in [3.05, 3.63) is 59.4 Å². The van der Waals surface area contributed by atoms with Gasteiger partial charge < -0.3 is 15.2 Å². The van der Waals surface area contributed by atoms with Crippen LogP contribution in [0.15, 0.2) is 48.7 Å². The van der Waals surface area contributed by atoms with E-state index in [9.17, 15) is 0 Å². The first-order valence-corrected chi connectivity index (χ1v) is 9.71. The van der Waals surface area contributed by atoms with Crippen LogP contribution in [0.2, 0.25) is 5.02 Å². The number of aryl methyl sites for hydroxylation is 1. The minimum atomic E-state index is 0.465. The minimum Gasteiger partial charge on any atom is -0.367 e. The van der Waals surface area contributed by atoms with Crippen LogP contribution < -0.4 is 10.6 Å². The average Bonchev–Trinajstić information content (AvgIpc) is 3.05. The van der Waals surface area contributed by atoms with Crippen molar-refractivity contribution in [2.75, 3.05) is 5.32 Å². The van der Waals surface area contributed by atoms with E-state index in [4.69, 9.17) is 16.6 Å². The molecule has 4 rings (SSSR count). The summed E-state index contributed by atoms with van der Waals surface area (Å²) in [6, 6.07) is 15.3. The Labute approximate surface area is 159 Å². The third-order valence-electron chi connectivity index (χ3n) is 5.30. The molecule has 0 aliphatic heterocycles. The SMILES string of the molecule is Cn1cccc1CNC1CCCC(Nc2ccc3cc(Cl)ccc3n2)C1. The van der Waals surface area contributed by atoms with E-state index in [0.717, 1.165) is 34.7 Å². The summed E-state index contributed by atoms with van der Waals surface area (Å²) in [5.41, 5.74) is 2.31. The van der Waals surface area contributed by atoms with E-state index in [1.165, 1.54) is 25.0 Å². The van der Waals surface area contributed by atoms with Crippen molar-refractivity contribution in [2.45, 2.75) is 44.3 Å². The van der Waals surface area contributed by atoms with Gasteiger partial charge in [0, 0.05) is 48.0 Å². The number of rotatable bonds is 5. The Balaban J connectivity index is 1.37. The monoisotopic (exact) mass is 368 g/mol. The quantitative estimate of drug-likeness (QED) is 0.683. The molecule has 2 aromatic heterocycles. The van der Waals surface area contributed by atoms with Gasteiger partial charge in [-0.1, -0.05) is 11.6 Å². The number of aromatic nitrogens is 2. The Hall–Kier alpha value is -2.04. The van der Waals surface area contributed by atoms with Crippen LogP contribution in [0.5, 0.6) is 0 Å². The van der Waals surface area contributed by atoms with E-state index >= 15 is 0 Å². The lowest BCUT2D eigenvalue weighted by Gasteiger charge is -2.31. The molecule has 2 unspecified atom stereocenters. The molecule has 1 aliphatic rings. The van der Waals surface area contributed by atoms with Crippen molar-refractivity contribution in [1.82, 2.24) is 14.9 Å². The fourth-order valence-electron chi connectivity index (χ4n) is 3.82. The van der Waals surface area contributed by atoms with Crippen molar-refractivity contribution < 1.29 is 0 Å². The first-order chi connectivity index (χ1) is 12.7. The fraction of sp³-hybridized carbons (Fsp3) is 0.381. The number of fused-ring (bicyclic) bond motifs is 1. The smallest absolute Gasteiger partial charge is 0.126 e. The van der Waals surface area contributed by atoms with Crippen LogP contribution in [0.1, 0.15) is 31.4 Å². The van der Waals surface area contributed by atoms with Gasteiger partial charge in [0.25, 0.3) is 0 Å². The van der Waals surface area contributed by atoms with Gasteiger partial charge in [-0.15, -0.1) is 0 Å². The van der Waals surface area contributed by atoms with E-state index in [-0.39, 0.29) is 0 Å². The molecule has 0 spiro atoms. The van der Waals surface area contributed by atoms with E-state index < -0.39 is 0 Å². The summed E-state index contributed by atoms with van der Waals surface area (Å²) in [6.07, 6.45) is 6.91. The molecular weight excluding hydrogens is 344 g/mol. The van der Waals surface area contributed by atoms with Crippen molar-refractivity contribution in [2.24, 2.45) is 7.05 Å². The number of nitrogens with one attached hydrogen (secondary N) is 2. The van der Waals surface area contributed by atoms with Crippen LogP contribution in [0.3, 0.4) is 0 Å². The molecule has 0 radical (unpaired) electrons. The molecule has 2 N–H and O–H groups in total. The number of pyridine rings is 1. The van der Waals surface area contributed by atoms with E-state index in [0.29, 0.717) is 12.1 Å². The predicted octanol–water partition coefficient (Wildman–Crippen LogP) is 4.74. The summed E-state index contributed by atoms with van der Waals surface area (Å²) in [5.74, 6) is 0.952. The number of halogens is 1. The number of benzene rings is 1. The highest BCUT2D eigenvalue weighted by Gasteiger charge is 2.22. The topological polar surface area (TPSA) is 41.9 Å². The highest BCUT2D eigenvalue weighted by Crippen LogP contribution is 2.24. The number of anilines is 1. The zero-order valence-corrected chi connectivity index (χ0v) is 15.8. The van der Waals surface area contributed by atoms with Crippen LogP contribution in [0, 0.1) is 0 Å². The fourth-order valence-corrected chi connectivity index (χ4v) is 4.00. The van der Waals surface area contributed by atoms with Crippen molar-refractivity contribution >= 4 is 28.3 Å². The summed E-state index contributed by atoms with van der Waals surface area (Å²) in [5, 5.41) is 9.18. The Morgan fingerprint density at radius 2 is 2.04 bits per heavy atom. The Bertz CT molecular complexity index is 889. The summed E-state index contributed by atoms with van der Waals surface area (Å²) in [7, 11) is 2.10. The molecule has 26 heavy (non-hydrogen) atoms. The first kappa shape index (κ1) is 17.4. The van der Waals surface area contributed by atoms with Crippen LogP contribution >= 0.6 is 11.6 Å². The van der Waals surface area contributed by atoms with Crippen molar-refractivity contribution in [3.8, 4) is 0 Å². The largest absolute Gasteiger partial charge is 0.367 e. The van der Waals surface area contributed by atoms with E-state index in [2.05, 4.69) is 52.7 Å². The third-order valence-corrected chi connectivity index (χ3v) is 5.54. The number of hydrogen-bond donors (Lipinski definition) is 2. The zero-order valence-electron chi connectivity index (χ0n) is 15.1. The van der Waals surface area contributed by atoms with Crippen LogP contribution in [0.4, 0.5) is 5.82 Å². The van der Waals surface area contributed by atoms with Gasteiger partial charge in [-0.3, -0.25) is 0 Å². The molecule has 2 heterocycles. The second kappa shape index (κ2) is 7.68. The lowest BCUT2D eigenvalue weighted by atomic mass is 9.91. The van der Waals surface area contributed by atoms with Gasteiger partial charge in [0.2, 0.25) is 0 Å². The molecule has 0 amide bonds. The molecule has 1 saturated carbocycles. The van der Waals surface area contributed by atoms with Crippen LogP contribution in [-0.4, -0.2) is 21.6 Å². The van der Waals surface area contributed by atoms with Crippen molar-refractivity contribution in [3.63, 3.8) is 0 Å². The zero-order chi connectivity index (χ0) is 17.9. The van der Waals surface area contributed by atoms with E-state index in [1.54, 1.807) is 0 Å². The maximum atomic E-state index is 6.05. The third kappa shape index (κ3) is 4.02. The summed E-state index contributed by atoms with van der Waals surface area (Å²) in [4.78, 5) is 4.74. The number of nitrogens with zero attached hydrogens (tertiary/aromatic N) is 2. The van der Waals surface area contributed by atoms with Crippen LogP contribution in [-0.2, 0) is 13.6 Å². The molecule has 3 aromatic rings. The standard InChI is InChI=1S/C21H25ClN4/c1-26-11-3-6-19(26)14-23-17-4-2-5-18(13-17)24-21-10-7-15-12-16(22)8-9-20(15)25-21/h3,6-12,17-18,23H,2,4-5,13-14H2,1H3,(H,24,25).